The lowest BCUT2D eigenvalue weighted by molar-refractivity contribution is 0.0479. The number of hydrogen-bond acceptors (Lipinski definition) is 3. The fourth-order valence-corrected chi connectivity index (χ4v) is 2.29. The highest BCUT2D eigenvalue weighted by atomic mass is 16.6. The second kappa shape index (κ2) is 3.91. The summed E-state index contributed by atoms with van der Waals surface area (Å²) in [6, 6.07) is 0.214. The van der Waals surface area contributed by atoms with Crippen molar-refractivity contribution in [2.45, 2.75) is 63.7 Å². The van der Waals surface area contributed by atoms with Gasteiger partial charge in [0.05, 0.1) is 12.2 Å². The van der Waals surface area contributed by atoms with Crippen LogP contribution in [0.2, 0.25) is 0 Å². The second-order valence-corrected chi connectivity index (χ2v) is 5.91. The Hall–Kier alpha value is -0.770. The third-order valence-electron chi connectivity index (χ3n) is 3.08. The van der Waals surface area contributed by atoms with Gasteiger partial charge in [0.1, 0.15) is 5.60 Å². The summed E-state index contributed by atoms with van der Waals surface area (Å²) in [6.45, 7) is 6.48. The van der Waals surface area contributed by atoms with Crippen molar-refractivity contribution in [3.8, 4) is 0 Å². The minimum Gasteiger partial charge on any atom is -0.444 e. The Labute approximate surface area is 96.7 Å². The molecule has 0 radical (unpaired) electrons. The first-order chi connectivity index (χ1) is 7.39. The van der Waals surface area contributed by atoms with Gasteiger partial charge >= 0.3 is 6.09 Å². The quantitative estimate of drug-likeness (QED) is 0.699. The number of nitrogens with one attached hydrogen (secondary N) is 1. The topological polar surface area (TPSA) is 50.9 Å². The van der Waals surface area contributed by atoms with Crippen LogP contribution in [-0.2, 0) is 9.47 Å². The van der Waals surface area contributed by atoms with Gasteiger partial charge in [0.2, 0.25) is 0 Å². The molecule has 1 amide bonds. The molecule has 2 rings (SSSR count). The second-order valence-electron chi connectivity index (χ2n) is 5.91. The van der Waals surface area contributed by atoms with E-state index in [-0.39, 0.29) is 17.7 Å². The van der Waals surface area contributed by atoms with Crippen molar-refractivity contribution in [2.24, 2.45) is 0 Å². The number of amides is 1. The lowest BCUT2D eigenvalue weighted by Gasteiger charge is -2.28. The molecule has 4 heteroatoms. The normalized spacial score (nSPS) is 33.6. The maximum Gasteiger partial charge on any atom is 0.407 e. The summed E-state index contributed by atoms with van der Waals surface area (Å²) in [4.78, 5) is 11.6. The molecular weight excluding hydrogens is 206 g/mol. The van der Waals surface area contributed by atoms with Crippen LogP contribution in [0, 0.1) is 0 Å². The summed E-state index contributed by atoms with van der Waals surface area (Å²) in [5.74, 6) is 0. The maximum atomic E-state index is 11.6. The molecule has 2 atom stereocenters. The lowest BCUT2D eigenvalue weighted by Crippen LogP contribution is -2.43. The zero-order valence-electron chi connectivity index (χ0n) is 10.3. The summed E-state index contributed by atoms with van der Waals surface area (Å²) in [7, 11) is 0. The molecule has 1 aliphatic carbocycles. The first kappa shape index (κ1) is 11.7. The van der Waals surface area contributed by atoms with Gasteiger partial charge in [-0.1, -0.05) is 0 Å². The predicted octanol–water partition coefficient (Wildman–Crippen LogP) is 2.22. The first-order valence-electron chi connectivity index (χ1n) is 6.02. The van der Waals surface area contributed by atoms with E-state index >= 15 is 0 Å². The van der Waals surface area contributed by atoms with E-state index in [0.29, 0.717) is 0 Å². The summed E-state index contributed by atoms with van der Waals surface area (Å²) < 4.78 is 10.7. The molecule has 0 aromatic rings. The van der Waals surface area contributed by atoms with Crippen LogP contribution in [0.4, 0.5) is 4.79 Å². The molecule has 0 aromatic carbocycles. The van der Waals surface area contributed by atoms with E-state index < -0.39 is 5.60 Å². The van der Waals surface area contributed by atoms with Gasteiger partial charge in [0.25, 0.3) is 0 Å². The number of ether oxygens (including phenoxy) is 2. The number of carbonyl (C=O) groups is 1. The zero-order chi connectivity index (χ0) is 11.8. The Morgan fingerprint density at radius 3 is 2.75 bits per heavy atom. The van der Waals surface area contributed by atoms with Crippen molar-refractivity contribution >= 4 is 6.09 Å². The molecule has 2 aliphatic rings. The minimum absolute atomic E-state index is 0.0952. The lowest BCUT2D eigenvalue weighted by atomic mass is 9.86. The van der Waals surface area contributed by atoms with Crippen LogP contribution in [0.1, 0.15) is 46.5 Å². The molecule has 1 spiro atoms. The van der Waals surface area contributed by atoms with E-state index in [4.69, 9.17) is 9.47 Å². The fraction of sp³-hybridized carbons (Fsp3) is 0.917. The summed E-state index contributed by atoms with van der Waals surface area (Å²) in [5.41, 5.74) is -0.329. The highest BCUT2D eigenvalue weighted by molar-refractivity contribution is 5.68. The fourth-order valence-electron chi connectivity index (χ4n) is 2.29. The maximum absolute atomic E-state index is 11.6. The SMILES string of the molecule is CC(C)(C)OC(=O)N[C@@H]1CCC[C@]2(CO2)C1. The Bertz CT molecular complexity index is 278. The van der Waals surface area contributed by atoms with Crippen molar-refractivity contribution in [3.05, 3.63) is 0 Å². The third kappa shape index (κ3) is 3.11. The molecule has 1 heterocycles. The predicted molar refractivity (Wildman–Crippen MR) is 60.3 cm³/mol. The number of alkyl carbamates (subject to hydrolysis) is 1. The zero-order valence-corrected chi connectivity index (χ0v) is 10.3. The van der Waals surface area contributed by atoms with Crippen LogP contribution in [0.5, 0.6) is 0 Å². The molecule has 0 bridgehead atoms. The van der Waals surface area contributed by atoms with E-state index in [1.54, 1.807) is 0 Å². The number of carbonyl (C=O) groups excluding carboxylic acids is 1. The molecule has 4 nitrogen and oxygen atoms in total. The van der Waals surface area contributed by atoms with Crippen molar-refractivity contribution in [1.82, 2.24) is 5.32 Å². The summed E-state index contributed by atoms with van der Waals surface area (Å²) in [6.07, 6.45) is 3.92. The van der Waals surface area contributed by atoms with Gasteiger partial charge in [0.15, 0.2) is 0 Å². The molecule has 92 valence electrons. The standard InChI is InChI=1S/C12H21NO3/c1-11(2,3)16-10(14)13-9-5-4-6-12(7-9)8-15-12/h9H,4-8H2,1-3H3,(H,13,14)/t9-,12-/m1/s1. The smallest absolute Gasteiger partial charge is 0.407 e. The largest absolute Gasteiger partial charge is 0.444 e. The van der Waals surface area contributed by atoms with E-state index in [9.17, 15) is 4.79 Å². The Morgan fingerprint density at radius 1 is 1.50 bits per heavy atom. The molecule has 0 unspecified atom stereocenters. The van der Waals surface area contributed by atoms with E-state index in [2.05, 4.69) is 5.32 Å². The highest BCUT2D eigenvalue weighted by Crippen LogP contribution is 2.41. The molecule has 16 heavy (non-hydrogen) atoms. The average Bonchev–Trinajstić information content (AvgIpc) is 2.81. The number of rotatable bonds is 1. The molecule has 1 aliphatic heterocycles. The summed E-state index contributed by atoms with van der Waals surface area (Å²) >= 11 is 0. The van der Waals surface area contributed by atoms with Gasteiger partial charge in [-0.15, -0.1) is 0 Å². The van der Waals surface area contributed by atoms with Crippen molar-refractivity contribution in [2.75, 3.05) is 6.61 Å². The van der Waals surface area contributed by atoms with Gasteiger partial charge < -0.3 is 14.8 Å². The van der Waals surface area contributed by atoms with Gasteiger partial charge in [-0.25, -0.2) is 4.79 Å². The van der Waals surface area contributed by atoms with Crippen molar-refractivity contribution in [1.29, 1.82) is 0 Å². The average molecular weight is 227 g/mol. The number of epoxide rings is 1. The van der Waals surface area contributed by atoms with Crippen molar-refractivity contribution < 1.29 is 14.3 Å². The molecule has 1 saturated carbocycles. The monoisotopic (exact) mass is 227 g/mol. The van der Waals surface area contributed by atoms with Crippen LogP contribution in [0.3, 0.4) is 0 Å². The Balaban J connectivity index is 1.78. The van der Waals surface area contributed by atoms with Gasteiger partial charge in [0, 0.05) is 6.04 Å². The van der Waals surface area contributed by atoms with E-state index in [1.807, 2.05) is 20.8 Å². The Kier molecular flexibility index (Phi) is 2.86. The van der Waals surface area contributed by atoms with Gasteiger partial charge in [-0.05, 0) is 46.5 Å². The van der Waals surface area contributed by atoms with Crippen LogP contribution in [0.25, 0.3) is 0 Å². The minimum atomic E-state index is -0.424. The molecule has 2 fully saturated rings. The summed E-state index contributed by atoms with van der Waals surface area (Å²) in [5, 5.41) is 2.93. The first-order valence-corrected chi connectivity index (χ1v) is 6.02. The van der Waals surface area contributed by atoms with Crippen LogP contribution in [0.15, 0.2) is 0 Å². The van der Waals surface area contributed by atoms with E-state index in [1.165, 1.54) is 0 Å². The third-order valence-corrected chi connectivity index (χ3v) is 3.08. The van der Waals surface area contributed by atoms with Crippen LogP contribution < -0.4 is 5.32 Å². The van der Waals surface area contributed by atoms with Gasteiger partial charge in [-0.2, -0.15) is 0 Å². The Morgan fingerprint density at radius 2 is 2.19 bits per heavy atom. The van der Waals surface area contributed by atoms with Gasteiger partial charge in [-0.3, -0.25) is 0 Å². The molecular formula is C12H21NO3. The van der Waals surface area contributed by atoms with E-state index in [0.717, 1.165) is 32.3 Å². The highest BCUT2D eigenvalue weighted by Gasteiger charge is 2.48. The number of hydrogen-bond donors (Lipinski definition) is 1. The molecule has 1 saturated heterocycles. The van der Waals surface area contributed by atoms with Crippen LogP contribution in [-0.4, -0.2) is 29.9 Å². The molecule has 0 aromatic heterocycles. The van der Waals surface area contributed by atoms with Crippen LogP contribution >= 0.6 is 0 Å². The molecule has 1 N–H and O–H groups in total. The van der Waals surface area contributed by atoms with Crippen molar-refractivity contribution in [3.63, 3.8) is 0 Å².